The molecule has 0 amide bonds. The quantitative estimate of drug-likeness (QED) is 0.806. The summed E-state index contributed by atoms with van der Waals surface area (Å²) in [6, 6.07) is -0.105. The van der Waals surface area contributed by atoms with E-state index >= 15 is 0 Å². The zero-order valence-corrected chi connectivity index (χ0v) is 9.37. The number of nitrogens with zero attached hydrogens (tertiary/aromatic N) is 2. The lowest BCUT2D eigenvalue weighted by Crippen LogP contribution is -2.15. The second-order valence-electron chi connectivity index (χ2n) is 4.88. The lowest BCUT2D eigenvalue weighted by molar-refractivity contribution is 0.339. The molecule has 1 aromatic heterocycles. The Morgan fingerprint density at radius 2 is 2.07 bits per heavy atom. The number of aryl methyl sites for hydroxylation is 1. The maximum Gasteiger partial charge on any atom is 0.223 e. The van der Waals surface area contributed by atoms with E-state index in [1.54, 1.807) is 6.92 Å². The van der Waals surface area contributed by atoms with E-state index in [0.717, 1.165) is 12.8 Å². The molecule has 1 rings (SSSR count). The highest BCUT2D eigenvalue weighted by Crippen LogP contribution is 2.24. The van der Waals surface area contributed by atoms with Crippen LogP contribution in [0.5, 0.6) is 0 Å². The minimum atomic E-state index is -0.105. The lowest BCUT2D eigenvalue weighted by Gasteiger charge is -2.19. The predicted molar refractivity (Wildman–Crippen MR) is 54.7 cm³/mol. The van der Waals surface area contributed by atoms with Crippen LogP contribution in [0.1, 0.15) is 51.4 Å². The van der Waals surface area contributed by atoms with Gasteiger partial charge in [0.1, 0.15) is 0 Å². The molecule has 0 saturated heterocycles. The van der Waals surface area contributed by atoms with Crippen molar-refractivity contribution < 1.29 is 4.52 Å². The third kappa shape index (κ3) is 3.46. The maximum absolute atomic E-state index is 5.93. The zero-order chi connectivity index (χ0) is 10.8. The summed E-state index contributed by atoms with van der Waals surface area (Å²) in [5.41, 5.74) is 6.23. The van der Waals surface area contributed by atoms with Crippen molar-refractivity contribution in [2.45, 2.75) is 46.6 Å². The fourth-order valence-corrected chi connectivity index (χ4v) is 1.18. The van der Waals surface area contributed by atoms with Gasteiger partial charge >= 0.3 is 0 Å². The van der Waals surface area contributed by atoms with Gasteiger partial charge in [0.25, 0.3) is 0 Å². The third-order valence-electron chi connectivity index (χ3n) is 2.08. The molecule has 1 heterocycles. The van der Waals surface area contributed by atoms with Gasteiger partial charge in [-0.2, -0.15) is 4.98 Å². The van der Waals surface area contributed by atoms with Crippen LogP contribution in [0.3, 0.4) is 0 Å². The number of hydrogen-bond acceptors (Lipinski definition) is 4. The van der Waals surface area contributed by atoms with E-state index in [9.17, 15) is 0 Å². The first-order valence-corrected chi connectivity index (χ1v) is 4.94. The Balaban J connectivity index is 2.47. The normalized spacial score (nSPS) is 14.4. The van der Waals surface area contributed by atoms with Gasteiger partial charge in [0.2, 0.25) is 5.89 Å². The van der Waals surface area contributed by atoms with Gasteiger partial charge in [-0.15, -0.1) is 0 Å². The van der Waals surface area contributed by atoms with Crippen molar-refractivity contribution in [2.24, 2.45) is 11.1 Å². The maximum atomic E-state index is 5.93. The van der Waals surface area contributed by atoms with Gasteiger partial charge in [-0.25, -0.2) is 0 Å². The van der Waals surface area contributed by atoms with Crippen molar-refractivity contribution in [3.8, 4) is 0 Å². The van der Waals surface area contributed by atoms with Crippen LogP contribution in [-0.2, 0) is 0 Å². The van der Waals surface area contributed by atoms with Crippen LogP contribution < -0.4 is 5.73 Å². The largest absolute Gasteiger partial charge is 0.340 e. The Kier molecular flexibility index (Phi) is 3.26. The second-order valence-corrected chi connectivity index (χ2v) is 4.88. The monoisotopic (exact) mass is 197 g/mol. The van der Waals surface area contributed by atoms with Crippen LogP contribution in [0, 0.1) is 12.3 Å². The molecular weight excluding hydrogens is 178 g/mol. The van der Waals surface area contributed by atoms with E-state index in [0.29, 0.717) is 17.1 Å². The molecular formula is C10H19N3O. The first kappa shape index (κ1) is 11.2. The number of rotatable bonds is 3. The topological polar surface area (TPSA) is 64.9 Å². The Bertz CT molecular complexity index is 288. The molecule has 0 aliphatic heterocycles. The highest BCUT2D eigenvalue weighted by molar-refractivity contribution is 4.91. The van der Waals surface area contributed by atoms with Gasteiger partial charge in [-0.3, -0.25) is 0 Å². The van der Waals surface area contributed by atoms with E-state index in [4.69, 9.17) is 10.3 Å². The van der Waals surface area contributed by atoms with Crippen LogP contribution in [0.4, 0.5) is 0 Å². The summed E-state index contributed by atoms with van der Waals surface area (Å²) in [7, 11) is 0. The summed E-state index contributed by atoms with van der Waals surface area (Å²) in [5, 5.41) is 3.81. The summed E-state index contributed by atoms with van der Waals surface area (Å²) in [5.74, 6) is 1.19. The Labute approximate surface area is 84.9 Å². The number of nitrogens with two attached hydrogens (primary N) is 1. The fraction of sp³-hybridized carbons (Fsp3) is 0.800. The molecule has 2 N–H and O–H groups in total. The molecule has 14 heavy (non-hydrogen) atoms. The van der Waals surface area contributed by atoms with Crippen LogP contribution in [0.25, 0.3) is 0 Å². The van der Waals surface area contributed by atoms with E-state index < -0.39 is 0 Å². The predicted octanol–water partition coefficient (Wildman–Crippen LogP) is 2.20. The van der Waals surface area contributed by atoms with E-state index in [1.807, 2.05) is 0 Å². The average Bonchev–Trinajstić information content (AvgIpc) is 2.46. The summed E-state index contributed by atoms with van der Waals surface area (Å²) < 4.78 is 4.88. The van der Waals surface area contributed by atoms with E-state index in [2.05, 4.69) is 30.9 Å². The molecule has 1 unspecified atom stereocenters. The smallest absolute Gasteiger partial charge is 0.223 e. The van der Waals surface area contributed by atoms with Gasteiger partial charge in [-0.1, -0.05) is 25.9 Å². The minimum absolute atomic E-state index is 0.105. The Morgan fingerprint density at radius 1 is 1.43 bits per heavy atom. The van der Waals surface area contributed by atoms with Gasteiger partial charge in [0.05, 0.1) is 6.04 Å². The third-order valence-corrected chi connectivity index (χ3v) is 2.08. The van der Waals surface area contributed by atoms with Crippen molar-refractivity contribution in [1.29, 1.82) is 0 Å². The zero-order valence-electron chi connectivity index (χ0n) is 9.37. The molecule has 4 nitrogen and oxygen atoms in total. The van der Waals surface area contributed by atoms with Gasteiger partial charge in [0.15, 0.2) is 5.82 Å². The van der Waals surface area contributed by atoms with Crippen LogP contribution in [0.2, 0.25) is 0 Å². The standard InChI is InChI=1S/C10H19N3O/c1-7-12-9(13-14-7)8(11)5-6-10(2,3)4/h8H,5-6,11H2,1-4H3. The average molecular weight is 197 g/mol. The van der Waals surface area contributed by atoms with Crippen LogP contribution in [0.15, 0.2) is 4.52 Å². The molecule has 4 heteroatoms. The highest BCUT2D eigenvalue weighted by Gasteiger charge is 2.17. The summed E-state index contributed by atoms with van der Waals surface area (Å²) >= 11 is 0. The van der Waals surface area contributed by atoms with E-state index in [1.165, 1.54) is 0 Å². The molecule has 1 atom stereocenters. The minimum Gasteiger partial charge on any atom is -0.340 e. The Hall–Kier alpha value is -0.900. The first-order chi connectivity index (χ1) is 6.38. The van der Waals surface area contributed by atoms with Gasteiger partial charge in [0, 0.05) is 6.92 Å². The van der Waals surface area contributed by atoms with Crippen molar-refractivity contribution >= 4 is 0 Å². The number of aromatic nitrogens is 2. The van der Waals surface area contributed by atoms with Crippen LogP contribution >= 0.6 is 0 Å². The molecule has 0 bridgehead atoms. The van der Waals surface area contributed by atoms with Crippen LogP contribution in [-0.4, -0.2) is 10.1 Å². The first-order valence-electron chi connectivity index (χ1n) is 4.94. The van der Waals surface area contributed by atoms with Crippen molar-refractivity contribution in [3.05, 3.63) is 11.7 Å². The SMILES string of the molecule is Cc1nc(C(N)CCC(C)(C)C)no1. The highest BCUT2D eigenvalue weighted by atomic mass is 16.5. The molecule has 0 spiro atoms. The molecule has 80 valence electrons. The second kappa shape index (κ2) is 4.09. The van der Waals surface area contributed by atoms with Crippen molar-refractivity contribution in [2.75, 3.05) is 0 Å². The molecule has 0 saturated carbocycles. The van der Waals surface area contributed by atoms with Crippen molar-refractivity contribution in [1.82, 2.24) is 10.1 Å². The van der Waals surface area contributed by atoms with Gasteiger partial charge in [-0.05, 0) is 18.3 Å². The molecule has 0 fully saturated rings. The molecule has 0 aliphatic rings. The fourth-order valence-electron chi connectivity index (χ4n) is 1.18. The summed E-state index contributed by atoms with van der Waals surface area (Å²) in [6.07, 6.45) is 1.95. The van der Waals surface area contributed by atoms with E-state index in [-0.39, 0.29) is 6.04 Å². The molecule has 0 aliphatic carbocycles. The molecule has 0 radical (unpaired) electrons. The van der Waals surface area contributed by atoms with Gasteiger partial charge < -0.3 is 10.3 Å². The van der Waals surface area contributed by atoms with Crippen molar-refractivity contribution in [3.63, 3.8) is 0 Å². The summed E-state index contributed by atoms with van der Waals surface area (Å²) in [4.78, 5) is 4.11. The summed E-state index contributed by atoms with van der Waals surface area (Å²) in [6.45, 7) is 8.36. The number of hydrogen-bond donors (Lipinski definition) is 1. The molecule has 0 aromatic carbocycles. The lowest BCUT2D eigenvalue weighted by atomic mass is 9.89. The molecule has 1 aromatic rings. The Morgan fingerprint density at radius 3 is 2.50 bits per heavy atom.